The van der Waals surface area contributed by atoms with Gasteiger partial charge >= 0.3 is 135 Å². The van der Waals surface area contributed by atoms with Crippen LogP contribution in [0.1, 0.15) is 5.56 Å². The van der Waals surface area contributed by atoms with Gasteiger partial charge in [-0.15, -0.1) is 0 Å². The quantitative estimate of drug-likeness (QED) is 0.365. The maximum atomic E-state index is 13.5. The zero-order valence-electron chi connectivity index (χ0n) is 11.5. The fraction of sp³-hybridized carbons (Fsp3) is 0.538. The fourth-order valence-electron chi connectivity index (χ4n) is 2.51. The predicted molar refractivity (Wildman–Crippen MR) is 76.4 cm³/mol. The van der Waals surface area contributed by atoms with Crippen molar-refractivity contribution in [3.8, 4) is 0 Å². The van der Waals surface area contributed by atoms with Crippen LogP contribution in [-0.4, -0.2) is 41.8 Å². The van der Waals surface area contributed by atoms with Crippen LogP contribution >= 0.6 is 20.5 Å². The van der Waals surface area contributed by atoms with Crippen molar-refractivity contribution in [3.63, 3.8) is 0 Å². The van der Waals surface area contributed by atoms with E-state index in [1.54, 1.807) is 3.11 Å². The molecule has 0 radical (unpaired) electrons. The number of nitrogens with zero attached hydrogens (tertiary/aromatic N) is 1. The molecule has 2 aliphatic rings. The van der Waals surface area contributed by atoms with Crippen LogP contribution in [0.4, 0.5) is 26.3 Å². The molecule has 0 saturated carbocycles. The van der Waals surface area contributed by atoms with Crippen LogP contribution in [0.2, 0.25) is 0 Å². The van der Waals surface area contributed by atoms with Gasteiger partial charge in [0.25, 0.3) is 0 Å². The van der Waals surface area contributed by atoms with E-state index in [1.165, 1.54) is 18.2 Å². The van der Waals surface area contributed by atoms with Crippen molar-refractivity contribution in [2.45, 2.75) is 18.0 Å². The van der Waals surface area contributed by atoms with Crippen molar-refractivity contribution < 1.29 is 34.1 Å². The Kier molecular flexibility index (Phi) is 4.30. The molecule has 23 heavy (non-hydrogen) atoms. The Balaban J connectivity index is 2.13. The van der Waals surface area contributed by atoms with E-state index < -0.39 is 44.0 Å². The van der Waals surface area contributed by atoms with Gasteiger partial charge in [-0.3, -0.25) is 0 Å². The van der Waals surface area contributed by atoms with E-state index in [2.05, 4.69) is 0 Å². The molecule has 1 fully saturated rings. The Morgan fingerprint density at radius 2 is 1.52 bits per heavy atom. The molecular weight excluding hydrogens is 443 g/mol. The van der Waals surface area contributed by atoms with Crippen molar-refractivity contribution in [3.05, 3.63) is 33.4 Å². The predicted octanol–water partition coefficient (Wildman–Crippen LogP) is 3.87. The average molecular weight is 455 g/mol. The van der Waals surface area contributed by atoms with Crippen molar-refractivity contribution in [2.24, 2.45) is 0 Å². The van der Waals surface area contributed by atoms with E-state index in [9.17, 15) is 26.3 Å². The van der Waals surface area contributed by atoms with Crippen LogP contribution in [0.25, 0.3) is 0 Å². The molecule has 0 spiro atoms. The van der Waals surface area contributed by atoms with Crippen LogP contribution in [0.5, 0.6) is 0 Å². The topological polar surface area (TPSA) is 21.7 Å². The number of benzene rings is 1. The van der Waals surface area contributed by atoms with Gasteiger partial charge in [0.05, 0.1) is 0 Å². The van der Waals surface area contributed by atoms with Crippen LogP contribution in [0.15, 0.2) is 24.3 Å². The zero-order chi connectivity index (χ0) is 16.9. The van der Waals surface area contributed by atoms with E-state index in [4.69, 9.17) is 7.80 Å². The Labute approximate surface area is 135 Å². The summed E-state index contributed by atoms with van der Waals surface area (Å²) < 4.78 is 92.4. The molecule has 0 N–H and O–H groups in total. The number of halogens is 7. The van der Waals surface area contributed by atoms with E-state index in [0.717, 1.165) is 6.07 Å². The first-order valence-corrected chi connectivity index (χ1v) is 9.56. The molecule has 1 aromatic carbocycles. The molecule has 130 valence electrons. The van der Waals surface area contributed by atoms with Gasteiger partial charge in [-0.1, -0.05) is 0 Å². The molecule has 0 aromatic heterocycles. The summed E-state index contributed by atoms with van der Waals surface area (Å²) in [4.78, 5) is 0. The molecule has 0 aliphatic carbocycles. The number of alkyl halides is 6. The third kappa shape index (κ3) is 2.63. The van der Waals surface area contributed by atoms with Crippen molar-refractivity contribution in [1.82, 2.24) is 3.11 Å². The van der Waals surface area contributed by atoms with Gasteiger partial charge in [0.15, 0.2) is 0 Å². The fourth-order valence-corrected chi connectivity index (χ4v) is 7.96. The second kappa shape index (κ2) is 5.74. The van der Waals surface area contributed by atoms with Gasteiger partial charge in [0.1, 0.15) is 0 Å². The molecule has 0 atom stereocenters. The summed E-state index contributed by atoms with van der Waals surface area (Å²) in [6.45, 7) is 1.07. The molecule has 3 rings (SSSR count). The average Bonchev–Trinajstić information content (AvgIpc) is 2.84. The summed E-state index contributed by atoms with van der Waals surface area (Å²) in [7, 11) is 0. The molecule has 2 heterocycles. The Hall–Kier alpha value is -0.590. The molecule has 1 saturated heterocycles. The van der Waals surface area contributed by atoms with Crippen molar-refractivity contribution in [1.29, 1.82) is 0 Å². The second-order valence-corrected chi connectivity index (χ2v) is 9.27. The SMILES string of the molecule is FC(F)(F)C1(C(F)(F)F)OI(N2CCOCC2)c2ccccc21. The summed E-state index contributed by atoms with van der Waals surface area (Å²) in [5.74, 6) is 0. The number of morpholine rings is 1. The summed E-state index contributed by atoms with van der Waals surface area (Å²) in [5, 5.41) is 0. The van der Waals surface area contributed by atoms with E-state index >= 15 is 0 Å². The minimum atomic E-state index is -5.58. The van der Waals surface area contributed by atoms with Crippen LogP contribution in [-0.2, 0) is 13.4 Å². The van der Waals surface area contributed by atoms with Gasteiger partial charge in [0, 0.05) is 0 Å². The van der Waals surface area contributed by atoms with Crippen LogP contribution in [0, 0.1) is 3.57 Å². The van der Waals surface area contributed by atoms with E-state index in [0.29, 0.717) is 0 Å². The van der Waals surface area contributed by atoms with Gasteiger partial charge in [-0.25, -0.2) is 0 Å². The molecule has 1 aromatic rings. The maximum absolute atomic E-state index is 13.5. The second-order valence-electron chi connectivity index (χ2n) is 4.99. The molecule has 2 aliphatic heterocycles. The number of hydrogen-bond acceptors (Lipinski definition) is 3. The first kappa shape index (κ1) is 17.2. The number of hydrogen-bond donors (Lipinski definition) is 0. The first-order valence-electron chi connectivity index (χ1n) is 6.64. The van der Waals surface area contributed by atoms with Crippen LogP contribution in [0.3, 0.4) is 0 Å². The standard InChI is InChI=1S/C13H12F6INO2/c14-12(15,16)11(13(17,18)19)9-3-1-2-4-10(9)20(23-11)21-5-7-22-8-6-21/h1-4H,5-8H2. The van der Waals surface area contributed by atoms with Gasteiger partial charge < -0.3 is 0 Å². The molecule has 3 nitrogen and oxygen atoms in total. The number of fused-ring (bicyclic) bond motifs is 1. The van der Waals surface area contributed by atoms with Crippen molar-refractivity contribution >= 4 is 20.5 Å². The molecule has 10 heteroatoms. The Morgan fingerprint density at radius 1 is 0.957 bits per heavy atom. The van der Waals surface area contributed by atoms with Gasteiger partial charge in [-0.05, 0) is 0 Å². The summed E-state index contributed by atoms with van der Waals surface area (Å²) in [6.07, 6.45) is -11.2. The van der Waals surface area contributed by atoms with Crippen LogP contribution < -0.4 is 0 Å². The molecular formula is C13H12F6INO2. The normalized spacial score (nSPS) is 23.8. The Bertz CT molecular complexity index is 571. The summed E-state index contributed by atoms with van der Waals surface area (Å²) >= 11 is -3.28. The summed E-state index contributed by atoms with van der Waals surface area (Å²) in [5.41, 5.74) is -5.06. The number of ether oxygens (including phenoxy) is 1. The third-order valence-electron chi connectivity index (χ3n) is 3.59. The monoisotopic (exact) mass is 455 g/mol. The molecule has 0 bridgehead atoms. The molecule has 0 amide bonds. The number of rotatable bonds is 1. The van der Waals surface area contributed by atoms with E-state index in [1.807, 2.05) is 0 Å². The Morgan fingerprint density at radius 3 is 2.09 bits per heavy atom. The molecule has 0 unspecified atom stereocenters. The third-order valence-corrected chi connectivity index (χ3v) is 8.80. The minimum absolute atomic E-state index is 0.0493. The first-order chi connectivity index (χ1) is 10.7. The summed E-state index contributed by atoms with van der Waals surface area (Å²) in [6, 6.07) is 4.80. The van der Waals surface area contributed by atoms with Gasteiger partial charge in [-0.2, -0.15) is 0 Å². The zero-order valence-corrected chi connectivity index (χ0v) is 13.7. The van der Waals surface area contributed by atoms with Crippen molar-refractivity contribution in [2.75, 3.05) is 26.3 Å². The van der Waals surface area contributed by atoms with Gasteiger partial charge in [0.2, 0.25) is 0 Å². The van der Waals surface area contributed by atoms with E-state index in [-0.39, 0.29) is 29.9 Å².